The largest absolute Gasteiger partial charge is 0.397 e. The first kappa shape index (κ1) is 8.78. The maximum absolute atomic E-state index is 5.97. The highest BCUT2D eigenvalue weighted by atomic mass is 79.9. The molecule has 4 heteroatoms. The van der Waals surface area contributed by atoms with Crippen molar-refractivity contribution < 1.29 is 0 Å². The van der Waals surface area contributed by atoms with Gasteiger partial charge in [-0.15, -0.1) is 0 Å². The van der Waals surface area contributed by atoms with Crippen molar-refractivity contribution in [3.05, 3.63) is 33.9 Å². The normalized spacial score (nSPS) is 10.6. The summed E-state index contributed by atoms with van der Waals surface area (Å²) in [6, 6.07) is 7.39. The maximum Gasteiger partial charge on any atom is 0.129 e. The van der Waals surface area contributed by atoms with Crippen molar-refractivity contribution in [2.24, 2.45) is 0 Å². The Labute approximate surface area is 88.8 Å². The van der Waals surface area contributed by atoms with E-state index in [2.05, 4.69) is 20.9 Å². The molecule has 0 aliphatic rings. The molecule has 0 saturated heterocycles. The van der Waals surface area contributed by atoms with Gasteiger partial charge in [0.1, 0.15) is 4.60 Å². The second-order valence-corrected chi connectivity index (χ2v) is 3.83. The minimum absolute atomic E-state index is 0.598. The van der Waals surface area contributed by atoms with Crippen molar-refractivity contribution in [2.45, 2.75) is 0 Å². The Hall–Kier alpha value is -0.800. The molecule has 0 amide bonds. The molecule has 0 atom stereocenters. The van der Waals surface area contributed by atoms with Crippen LogP contribution in [0.1, 0.15) is 0 Å². The lowest BCUT2D eigenvalue weighted by Crippen LogP contribution is -1.90. The Morgan fingerprint density at radius 2 is 2.15 bits per heavy atom. The number of nitrogens with zero attached hydrogens (tertiary/aromatic N) is 1. The summed E-state index contributed by atoms with van der Waals surface area (Å²) in [6.07, 6.45) is 0. The van der Waals surface area contributed by atoms with Crippen molar-refractivity contribution in [2.75, 3.05) is 5.73 Å². The molecule has 13 heavy (non-hydrogen) atoms. The van der Waals surface area contributed by atoms with Gasteiger partial charge in [-0.1, -0.05) is 17.7 Å². The minimum atomic E-state index is 0.598. The number of benzene rings is 1. The molecule has 0 aliphatic carbocycles. The first-order valence-corrected chi connectivity index (χ1v) is 4.86. The fourth-order valence-electron chi connectivity index (χ4n) is 1.15. The Balaban J connectivity index is 2.89. The van der Waals surface area contributed by atoms with Crippen molar-refractivity contribution in [1.29, 1.82) is 0 Å². The van der Waals surface area contributed by atoms with Crippen LogP contribution >= 0.6 is 27.5 Å². The fraction of sp³-hybridized carbons (Fsp3) is 0. The van der Waals surface area contributed by atoms with Gasteiger partial charge >= 0.3 is 0 Å². The molecular weight excluding hydrogens is 251 g/mol. The average Bonchev–Trinajstić information content (AvgIpc) is 2.09. The standard InChI is InChI=1S/C9H6BrClN2/c10-9-7(12)4-5-6(11)2-1-3-8(5)13-9/h1-4H,12H2. The lowest BCUT2D eigenvalue weighted by molar-refractivity contribution is 1.36. The van der Waals surface area contributed by atoms with Crippen LogP contribution in [0.25, 0.3) is 10.9 Å². The third kappa shape index (κ3) is 1.49. The topological polar surface area (TPSA) is 38.9 Å². The number of rotatable bonds is 0. The molecule has 66 valence electrons. The van der Waals surface area contributed by atoms with Gasteiger partial charge in [-0.25, -0.2) is 4.98 Å². The molecule has 2 N–H and O–H groups in total. The van der Waals surface area contributed by atoms with Gasteiger partial charge in [0.2, 0.25) is 0 Å². The Bertz CT molecular complexity index is 470. The van der Waals surface area contributed by atoms with Gasteiger partial charge in [-0.05, 0) is 34.1 Å². The molecule has 2 rings (SSSR count). The number of halogens is 2. The predicted molar refractivity (Wildman–Crippen MR) is 58.9 cm³/mol. The summed E-state index contributed by atoms with van der Waals surface area (Å²) in [7, 11) is 0. The lowest BCUT2D eigenvalue weighted by atomic mass is 10.2. The van der Waals surface area contributed by atoms with E-state index in [0.717, 1.165) is 10.9 Å². The van der Waals surface area contributed by atoms with Gasteiger partial charge in [0.15, 0.2) is 0 Å². The molecule has 0 spiro atoms. The van der Waals surface area contributed by atoms with Crippen molar-refractivity contribution >= 4 is 44.1 Å². The van der Waals surface area contributed by atoms with Crippen LogP contribution in [0.3, 0.4) is 0 Å². The van der Waals surface area contributed by atoms with Crippen molar-refractivity contribution in [3.63, 3.8) is 0 Å². The second-order valence-electron chi connectivity index (χ2n) is 2.67. The van der Waals surface area contributed by atoms with E-state index in [1.807, 2.05) is 24.3 Å². The highest BCUT2D eigenvalue weighted by Crippen LogP contribution is 2.27. The van der Waals surface area contributed by atoms with Gasteiger partial charge in [-0.3, -0.25) is 0 Å². The van der Waals surface area contributed by atoms with Gasteiger partial charge in [-0.2, -0.15) is 0 Å². The number of hydrogen-bond acceptors (Lipinski definition) is 2. The first-order valence-electron chi connectivity index (χ1n) is 3.69. The number of hydrogen-bond donors (Lipinski definition) is 1. The van der Waals surface area contributed by atoms with Crippen LogP contribution in [0.2, 0.25) is 5.02 Å². The number of nitrogens with two attached hydrogens (primary N) is 1. The molecule has 0 aliphatic heterocycles. The van der Waals surface area contributed by atoms with Crippen molar-refractivity contribution in [3.8, 4) is 0 Å². The predicted octanol–water partition coefficient (Wildman–Crippen LogP) is 3.23. The molecule has 2 nitrogen and oxygen atoms in total. The first-order chi connectivity index (χ1) is 6.18. The van der Waals surface area contributed by atoms with E-state index < -0.39 is 0 Å². The molecular formula is C9H6BrClN2. The van der Waals surface area contributed by atoms with Gasteiger partial charge in [0, 0.05) is 5.39 Å². The Morgan fingerprint density at radius 3 is 2.92 bits per heavy atom. The molecule has 0 radical (unpaired) electrons. The summed E-state index contributed by atoms with van der Waals surface area (Å²) >= 11 is 9.23. The molecule has 1 aromatic heterocycles. The zero-order valence-electron chi connectivity index (χ0n) is 6.59. The number of anilines is 1. The SMILES string of the molecule is Nc1cc2c(Cl)cccc2nc1Br. The number of pyridine rings is 1. The molecule has 0 bridgehead atoms. The highest BCUT2D eigenvalue weighted by Gasteiger charge is 2.03. The Kier molecular flexibility index (Phi) is 2.14. The van der Waals surface area contributed by atoms with E-state index in [1.54, 1.807) is 0 Å². The number of nitrogen functional groups attached to an aromatic ring is 1. The van der Waals surface area contributed by atoms with Crippen LogP contribution in [0.5, 0.6) is 0 Å². The molecule has 0 fully saturated rings. The molecule has 0 unspecified atom stereocenters. The second kappa shape index (κ2) is 3.16. The van der Waals surface area contributed by atoms with E-state index >= 15 is 0 Å². The van der Waals surface area contributed by atoms with Crippen LogP contribution < -0.4 is 5.73 Å². The average molecular weight is 258 g/mol. The third-order valence-corrected chi connectivity index (χ3v) is 2.75. The van der Waals surface area contributed by atoms with Crippen LogP contribution in [0.15, 0.2) is 28.9 Å². The summed E-state index contributed by atoms with van der Waals surface area (Å²) < 4.78 is 0.655. The van der Waals surface area contributed by atoms with Gasteiger partial charge in [0.25, 0.3) is 0 Å². The summed E-state index contributed by atoms with van der Waals surface area (Å²) in [5.74, 6) is 0. The number of aromatic nitrogens is 1. The third-order valence-electron chi connectivity index (χ3n) is 1.79. The van der Waals surface area contributed by atoms with Crippen LogP contribution in [0, 0.1) is 0 Å². The van der Waals surface area contributed by atoms with Crippen LogP contribution in [-0.2, 0) is 0 Å². The van der Waals surface area contributed by atoms with E-state index in [4.69, 9.17) is 17.3 Å². The molecule has 1 heterocycles. The molecule has 0 saturated carbocycles. The maximum atomic E-state index is 5.97. The van der Waals surface area contributed by atoms with Gasteiger partial charge in [0.05, 0.1) is 16.2 Å². The lowest BCUT2D eigenvalue weighted by Gasteiger charge is -2.02. The van der Waals surface area contributed by atoms with Crippen LogP contribution in [0.4, 0.5) is 5.69 Å². The summed E-state index contributed by atoms with van der Waals surface area (Å²) in [4.78, 5) is 4.24. The zero-order chi connectivity index (χ0) is 9.42. The monoisotopic (exact) mass is 256 g/mol. The Morgan fingerprint density at radius 1 is 1.38 bits per heavy atom. The van der Waals surface area contributed by atoms with E-state index in [1.165, 1.54) is 0 Å². The zero-order valence-corrected chi connectivity index (χ0v) is 8.93. The highest BCUT2D eigenvalue weighted by molar-refractivity contribution is 9.10. The number of fused-ring (bicyclic) bond motifs is 1. The fourth-order valence-corrected chi connectivity index (χ4v) is 1.68. The summed E-state index contributed by atoms with van der Waals surface area (Å²) in [5.41, 5.74) is 7.13. The summed E-state index contributed by atoms with van der Waals surface area (Å²) in [5, 5.41) is 1.55. The van der Waals surface area contributed by atoms with E-state index in [0.29, 0.717) is 15.3 Å². The quantitative estimate of drug-likeness (QED) is 0.736. The molecule has 2 aromatic rings. The smallest absolute Gasteiger partial charge is 0.129 e. The summed E-state index contributed by atoms with van der Waals surface area (Å²) in [6.45, 7) is 0. The van der Waals surface area contributed by atoms with Crippen LogP contribution in [-0.4, -0.2) is 4.98 Å². The van der Waals surface area contributed by atoms with Gasteiger partial charge < -0.3 is 5.73 Å². The van der Waals surface area contributed by atoms with E-state index in [-0.39, 0.29) is 0 Å². The minimum Gasteiger partial charge on any atom is -0.397 e. The van der Waals surface area contributed by atoms with Crippen molar-refractivity contribution in [1.82, 2.24) is 4.98 Å². The van der Waals surface area contributed by atoms with E-state index in [9.17, 15) is 0 Å². The molecule has 1 aromatic carbocycles.